The summed E-state index contributed by atoms with van der Waals surface area (Å²) < 4.78 is 0. The van der Waals surface area contributed by atoms with Crippen molar-refractivity contribution >= 4 is 11.6 Å². The van der Waals surface area contributed by atoms with Crippen LogP contribution in [0.3, 0.4) is 0 Å². The summed E-state index contributed by atoms with van der Waals surface area (Å²) in [5, 5.41) is 6.74. The number of likely N-dealkylation sites (N-methyl/N-ethyl adjacent to an activating group) is 1. The molecule has 0 radical (unpaired) electrons. The molecule has 0 atom stereocenters. The molecule has 62 valence electrons. The minimum Gasteiger partial charge on any atom is -0.309 e. The zero-order valence-electron chi connectivity index (χ0n) is 6.63. The first-order valence-electron chi connectivity index (χ1n) is 3.40. The second-order valence-electron chi connectivity index (χ2n) is 2.60. The van der Waals surface area contributed by atoms with Crippen LogP contribution in [0.4, 0.5) is 0 Å². The molecule has 1 rings (SSSR count). The van der Waals surface area contributed by atoms with Gasteiger partial charge in [-0.3, -0.25) is 5.10 Å². The zero-order chi connectivity index (χ0) is 8.27. The van der Waals surface area contributed by atoms with Crippen molar-refractivity contribution in [2.75, 3.05) is 20.6 Å². The maximum Gasteiger partial charge on any atom is 0.242 e. The molecular weight excluding hydrogens is 164 g/mol. The molecule has 5 heteroatoms. The normalized spacial score (nSPS) is 10.9. The van der Waals surface area contributed by atoms with E-state index in [0.717, 1.165) is 18.8 Å². The Morgan fingerprint density at radius 2 is 2.27 bits per heavy atom. The van der Waals surface area contributed by atoms with Gasteiger partial charge in [0.1, 0.15) is 5.82 Å². The van der Waals surface area contributed by atoms with E-state index >= 15 is 0 Å². The lowest BCUT2D eigenvalue weighted by Gasteiger charge is -2.05. The summed E-state index contributed by atoms with van der Waals surface area (Å²) in [5.74, 6) is 0.837. The number of halogens is 1. The molecule has 0 spiro atoms. The fraction of sp³-hybridized carbons (Fsp3) is 0.667. The van der Waals surface area contributed by atoms with Crippen LogP contribution in [0.1, 0.15) is 5.82 Å². The molecule has 0 aliphatic carbocycles. The molecule has 0 fully saturated rings. The SMILES string of the molecule is CN(C)CCc1nc(Cl)n[nH]1. The summed E-state index contributed by atoms with van der Waals surface area (Å²) in [6, 6.07) is 0. The summed E-state index contributed by atoms with van der Waals surface area (Å²) in [6.45, 7) is 0.950. The van der Waals surface area contributed by atoms with Gasteiger partial charge < -0.3 is 4.90 Å². The lowest BCUT2D eigenvalue weighted by atomic mass is 10.4. The van der Waals surface area contributed by atoms with Gasteiger partial charge in [-0.05, 0) is 25.7 Å². The topological polar surface area (TPSA) is 44.8 Å². The molecule has 0 aliphatic rings. The largest absolute Gasteiger partial charge is 0.309 e. The Kier molecular flexibility index (Phi) is 2.84. The number of nitrogens with zero attached hydrogens (tertiary/aromatic N) is 3. The van der Waals surface area contributed by atoms with E-state index in [1.54, 1.807) is 0 Å². The van der Waals surface area contributed by atoms with Crippen LogP contribution in [0.5, 0.6) is 0 Å². The standard InChI is InChI=1S/C6H11ClN4/c1-11(2)4-3-5-8-6(7)10-9-5/h3-4H2,1-2H3,(H,8,9,10). The van der Waals surface area contributed by atoms with Crippen LogP contribution in [0.15, 0.2) is 0 Å². The van der Waals surface area contributed by atoms with E-state index in [9.17, 15) is 0 Å². The Bertz CT molecular complexity index is 220. The fourth-order valence-corrected chi connectivity index (χ4v) is 0.858. The van der Waals surface area contributed by atoms with Gasteiger partial charge in [-0.1, -0.05) is 0 Å². The van der Waals surface area contributed by atoms with Crippen LogP contribution in [-0.2, 0) is 6.42 Å². The molecule has 0 aliphatic heterocycles. The molecule has 0 saturated carbocycles. The smallest absolute Gasteiger partial charge is 0.242 e. The lowest BCUT2D eigenvalue weighted by molar-refractivity contribution is 0.410. The van der Waals surface area contributed by atoms with Crippen LogP contribution in [0.25, 0.3) is 0 Å². The van der Waals surface area contributed by atoms with Crippen LogP contribution >= 0.6 is 11.6 Å². The van der Waals surface area contributed by atoms with Crippen molar-refractivity contribution < 1.29 is 0 Å². The first-order chi connectivity index (χ1) is 5.18. The van der Waals surface area contributed by atoms with E-state index in [-0.39, 0.29) is 0 Å². The predicted octanol–water partition coefficient (Wildman–Crippen LogP) is 0.562. The third-order valence-electron chi connectivity index (χ3n) is 1.30. The average Bonchev–Trinajstić information content (AvgIpc) is 2.31. The Morgan fingerprint density at radius 3 is 2.73 bits per heavy atom. The van der Waals surface area contributed by atoms with Gasteiger partial charge in [-0.2, -0.15) is 0 Å². The molecule has 1 aromatic heterocycles. The minimum absolute atomic E-state index is 0.291. The van der Waals surface area contributed by atoms with Crippen molar-refractivity contribution in [3.63, 3.8) is 0 Å². The van der Waals surface area contributed by atoms with E-state index in [1.807, 2.05) is 14.1 Å². The van der Waals surface area contributed by atoms with Crippen molar-refractivity contribution in [3.8, 4) is 0 Å². The highest BCUT2D eigenvalue weighted by atomic mass is 35.5. The molecule has 0 aromatic carbocycles. The van der Waals surface area contributed by atoms with Crippen LogP contribution in [0.2, 0.25) is 5.28 Å². The number of hydrogen-bond acceptors (Lipinski definition) is 3. The van der Waals surface area contributed by atoms with E-state index in [4.69, 9.17) is 11.6 Å². The highest BCUT2D eigenvalue weighted by molar-refractivity contribution is 6.28. The molecule has 4 nitrogen and oxygen atoms in total. The summed E-state index contributed by atoms with van der Waals surface area (Å²) in [4.78, 5) is 6.03. The first kappa shape index (κ1) is 8.49. The molecule has 11 heavy (non-hydrogen) atoms. The third kappa shape index (κ3) is 2.86. The average molecular weight is 175 g/mol. The fourth-order valence-electron chi connectivity index (χ4n) is 0.713. The first-order valence-corrected chi connectivity index (χ1v) is 3.78. The monoisotopic (exact) mass is 174 g/mol. The number of rotatable bonds is 3. The number of hydrogen-bond donors (Lipinski definition) is 1. The Balaban J connectivity index is 2.39. The quantitative estimate of drug-likeness (QED) is 0.729. The van der Waals surface area contributed by atoms with Gasteiger partial charge in [0.25, 0.3) is 0 Å². The van der Waals surface area contributed by atoms with E-state index in [0.29, 0.717) is 5.28 Å². The highest BCUT2D eigenvalue weighted by Crippen LogP contribution is 1.99. The van der Waals surface area contributed by atoms with Crippen LogP contribution in [-0.4, -0.2) is 40.7 Å². The molecule has 0 unspecified atom stereocenters. The van der Waals surface area contributed by atoms with Gasteiger partial charge in [-0.25, -0.2) is 4.98 Å². The van der Waals surface area contributed by atoms with Crippen molar-refractivity contribution in [2.45, 2.75) is 6.42 Å². The van der Waals surface area contributed by atoms with Crippen LogP contribution in [0, 0.1) is 0 Å². The maximum atomic E-state index is 5.51. The molecule has 0 amide bonds. The Labute approximate surface area is 70.6 Å². The zero-order valence-corrected chi connectivity index (χ0v) is 7.39. The third-order valence-corrected chi connectivity index (χ3v) is 1.47. The highest BCUT2D eigenvalue weighted by Gasteiger charge is 1.99. The van der Waals surface area contributed by atoms with Crippen molar-refractivity contribution in [1.82, 2.24) is 20.1 Å². The molecule has 0 bridgehead atoms. The van der Waals surface area contributed by atoms with Gasteiger partial charge >= 0.3 is 0 Å². The van der Waals surface area contributed by atoms with Gasteiger partial charge in [0.05, 0.1) is 0 Å². The number of aromatic nitrogens is 3. The van der Waals surface area contributed by atoms with Gasteiger partial charge in [0.15, 0.2) is 0 Å². The second kappa shape index (κ2) is 3.69. The molecule has 1 N–H and O–H groups in total. The molecule has 1 heterocycles. The van der Waals surface area contributed by atoms with Crippen molar-refractivity contribution in [3.05, 3.63) is 11.1 Å². The van der Waals surface area contributed by atoms with E-state index in [2.05, 4.69) is 20.1 Å². The summed E-state index contributed by atoms with van der Waals surface area (Å²) >= 11 is 5.51. The van der Waals surface area contributed by atoms with Gasteiger partial charge in [0, 0.05) is 13.0 Å². The number of H-pyrrole nitrogens is 1. The second-order valence-corrected chi connectivity index (χ2v) is 2.94. The lowest BCUT2D eigenvalue weighted by Crippen LogP contribution is -2.15. The molecular formula is C6H11ClN4. The van der Waals surface area contributed by atoms with E-state index < -0.39 is 0 Å². The number of nitrogens with one attached hydrogen (secondary N) is 1. The van der Waals surface area contributed by atoms with Crippen LogP contribution < -0.4 is 0 Å². The Hall–Kier alpha value is -0.610. The minimum atomic E-state index is 0.291. The molecule has 0 saturated heterocycles. The Morgan fingerprint density at radius 1 is 1.55 bits per heavy atom. The number of aromatic amines is 1. The summed E-state index contributed by atoms with van der Waals surface area (Å²) in [5.41, 5.74) is 0. The van der Waals surface area contributed by atoms with Gasteiger partial charge in [-0.15, -0.1) is 5.10 Å². The summed E-state index contributed by atoms with van der Waals surface area (Å²) in [6.07, 6.45) is 0.854. The van der Waals surface area contributed by atoms with Gasteiger partial charge in [0.2, 0.25) is 5.28 Å². The van der Waals surface area contributed by atoms with Crippen molar-refractivity contribution in [2.24, 2.45) is 0 Å². The molecule has 1 aromatic rings. The maximum absolute atomic E-state index is 5.51. The predicted molar refractivity (Wildman–Crippen MR) is 43.7 cm³/mol. The van der Waals surface area contributed by atoms with E-state index in [1.165, 1.54) is 0 Å². The summed E-state index contributed by atoms with van der Waals surface area (Å²) in [7, 11) is 4.02. The van der Waals surface area contributed by atoms with Crippen molar-refractivity contribution in [1.29, 1.82) is 0 Å².